The third-order valence-corrected chi connectivity index (χ3v) is 1.84. The summed E-state index contributed by atoms with van der Waals surface area (Å²) in [5, 5.41) is 2.79. The number of hydrogen-bond acceptors (Lipinski definition) is 3. The molecule has 78 valence electrons. The van der Waals surface area contributed by atoms with Crippen LogP contribution in [-0.2, 0) is 10.0 Å². The van der Waals surface area contributed by atoms with E-state index in [-0.39, 0.29) is 6.54 Å². The number of hydrogen-bond donors (Lipinski definition) is 3. The summed E-state index contributed by atoms with van der Waals surface area (Å²) in [6.07, 6.45) is 1.10. The van der Waals surface area contributed by atoms with Gasteiger partial charge in [0, 0.05) is 13.1 Å². The summed E-state index contributed by atoms with van der Waals surface area (Å²) in [7, 11) is -3.11. The van der Waals surface area contributed by atoms with Gasteiger partial charge in [-0.05, 0) is 6.92 Å². The van der Waals surface area contributed by atoms with Crippen molar-refractivity contribution in [1.82, 2.24) is 10.0 Å². The van der Waals surface area contributed by atoms with Crippen LogP contribution in [0.3, 0.4) is 0 Å². The molecule has 0 spiro atoms. The molecule has 0 aliphatic rings. The van der Waals surface area contributed by atoms with Crippen molar-refractivity contribution in [3.05, 3.63) is 0 Å². The Labute approximate surface area is 78.7 Å². The van der Waals surface area contributed by atoms with Crippen molar-refractivity contribution >= 4 is 16.0 Å². The van der Waals surface area contributed by atoms with Gasteiger partial charge in [0.2, 0.25) is 10.0 Å². The number of sulfonamides is 1. The first kappa shape index (κ1) is 12.2. The fourth-order valence-electron chi connectivity index (χ4n) is 0.644. The highest BCUT2D eigenvalue weighted by molar-refractivity contribution is 7.88. The summed E-state index contributed by atoms with van der Waals surface area (Å²) < 4.78 is 23.5. The number of aliphatic imine (C=N–C) groups is 1. The smallest absolute Gasteiger partial charge is 0.208 e. The SMILES string of the molecule is CCNC(N)=NCCNS(C)(=O)=O. The Morgan fingerprint density at radius 3 is 2.62 bits per heavy atom. The molecule has 0 amide bonds. The van der Waals surface area contributed by atoms with Crippen molar-refractivity contribution in [3.8, 4) is 0 Å². The third kappa shape index (κ3) is 9.09. The molecule has 0 rings (SSSR count). The first-order chi connectivity index (χ1) is 5.95. The molecule has 0 aromatic heterocycles. The van der Waals surface area contributed by atoms with E-state index in [2.05, 4.69) is 15.0 Å². The molecule has 0 radical (unpaired) electrons. The second-order valence-corrected chi connectivity index (χ2v) is 4.30. The molecule has 0 aromatic carbocycles. The van der Waals surface area contributed by atoms with Crippen LogP contribution in [-0.4, -0.2) is 40.3 Å². The van der Waals surface area contributed by atoms with E-state index >= 15 is 0 Å². The zero-order valence-electron chi connectivity index (χ0n) is 7.87. The van der Waals surface area contributed by atoms with E-state index in [4.69, 9.17) is 5.73 Å². The van der Waals surface area contributed by atoms with E-state index in [9.17, 15) is 8.42 Å². The van der Waals surface area contributed by atoms with Gasteiger partial charge in [-0.25, -0.2) is 13.1 Å². The molecule has 7 heteroatoms. The lowest BCUT2D eigenvalue weighted by molar-refractivity contribution is 0.588. The normalized spacial score (nSPS) is 12.9. The molecule has 0 bridgehead atoms. The fraction of sp³-hybridized carbons (Fsp3) is 0.833. The quantitative estimate of drug-likeness (QED) is 0.290. The maximum Gasteiger partial charge on any atom is 0.208 e. The zero-order chi connectivity index (χ0) is 10.3. The lowest BCUT2D eigenvalue weighted by Crippen LogP contribution is -2.32. The van der Waals surface area contributed by atoms with Crippen molar-refractivity contribution in [2.75, 3.05) is 25.9 Å². The first-order valence-corrected chi connectivity index (χ1v) is 5.83. The van der Waals surface area contributed by atoms with Gasteiger partial charge in [0.1, 0.15) is 0 Å². The Balaban J connectivity index is 3.61. The van der Waals surface area contributed by atoms with Gasteiger partial charge < -0.3 is 11.1 Å². The van der Waals surface area contributed by atoms with Crippen molar-refractivity contribution < 1.29 is 8.42 Å². The van der Waals surface area contributed by atoms with E-state index in [0.29, 0.717) is 19.0 Å². The predicted octanol–water partition coefficient (Wildman–Crippen LogP) is -1.54. The maximum atomic E-state index is 10.6. The van der Waals surface area contributed by atoms with Crippen LogP contribution < -0.4 is 15.8 Å². The van der Waals surface area contributed by atoms with E-state index in [1.54, 1.807) is 0 Å². The highest BCUT2D eigenvalue weighted by Crippen LogP contribution is 1.74. The number of nitrogens with one attached hydrogen (secondary N) is 2. The first-order valence-electron chi connectivity index (χ1n) is 3.94. The number of guanidine groups is 1. The second-order valence-electron chi connectivity index (χ2n) is 2.46. The van der Waals surface area contributed by atoms with Crippen LogP contribution in [0.1, 0.15) is 6.92 Å². The number of rotatable bonds is 5. The molecule has 6 nitrogen and oxygen atoms in total. The van der Waals surface area contributed by atoms with Crippen LogP contribution >= 0.6 is 0 Å². The molecule has 0 aliphatic heterocycles. The second kappa shape index (κ2) is 5.76. The summed E-state index contributed by atoms with van der Waals surface area (Å²) in [6, 6.07) is 0. The van der Waals surface area contributed by atoms with Gasteiger partial charge in [0.15, 0.2) is 5.96 Å². The van der Waals surface area contributed by atoms with E-state index in [0.717, 1.165) is 6.26 Å². The predicted molar refractivity (Wildman–Crippen MR) is 53.0 cm³/mol. The average Bonchev–Trinajstić information content (AvgIpc) is 1.97. The van der Waals surface area contributed by atoms with Crippen LogP contribution in [0.5, 0.6) is 0 Å². The Morgan fingerprint density at radius 2 is 2.15 bits per heavy atom. The van der Waals surface area contributed by atoms with Gasteiger partial charge in [-0.3, -0.25) is 4.99 Å². The molecule has 0 heterocycles. The molecule has 0 aliphatic carbocycles. The van der Waals surface area contributed by atoms with Crippen molar-refractivity contribution in [2.24, 2.45) is 10.7 Å². The molecule has 4 N–H and O–H groups in total. The van der Waals surface area contributed by atoms with Gasteiger partial charge in [0.05, 0.1) is 12.8 Å². The van der Waals surface area contributed by atoms with Crippen LogP contribution in [0.25, 0.3) is 0 Å². The van der Waals surface area contributed by atoms with E-state index in [1.807, 2.05) is 6.92 Å². The minimum absolute atomic E-state index is 0.269. The van der Waals surface area contributed by atoms with Crippen molar-refractivity contribution in [2.45, 2.75) is 6.92 Å². The Hall–Kier alpha value is -0.820. The largest absolute Gasteiger partial charge is 0.370 e. The zero-order valence-corrected chi connectivity index (χ0v) is 8.69. The Kier molecular flexibility index (Phi) is 5.40. The monoisotopic (exact) mass is 208 g/mol. The van der Waals surface area contributed by atoms with Crippen LogP contribution in [0.15, 0.2) is 4.99 Å². The molecule has 0 atom stereocenters. The van der Waals surface area contributed by atoms with Gasteiger partial charge in [-0.15, -0.1) is 0 Å². The van der Waals surface area contributed by atoms with E-state index in [1.165, 1.54) is 0 Å². The van der Waals surface area contributed by atoms with Crippen molar-refractivity contribution in [3.63, 3.8) is 0 Å². The van der Waals surface area contributed by atoms with Gasteiger partial charge >= 0.3 is 0 Å². The molecular weight excluding hydrogens is 192 g/mol. The maximum absolute atomic E-state index is 10.6. The third-order valence-electron chi connectivity index (χ3n) is 1.12. The molecule has 0 fully saturated rings. The Morgan fingerprint density at radius 1 is 1.54 bits per heavy atom. The van der Waals surface area contributed by atoms with Crippen LogP contribution in [0.4, 0.5) is 0 Å². The minimum Gasteiger partial charge on any atom is -0.370 e. The summed E-state index contributed by atoms with van der Waals surface area (Å²) in [6.45, 7) is 3.21. The molecule has 0 saturated carbocycles. The summed E-state index contributed by atoms with van der Waals surface area (Å²) in [4.78, 5) is 3.87. The average molecular weight is 208 g/mol. The lowest BCUT2D eigenvalue weighted by Gasteiger charge is -2.01. The topological polar surface area (TPSA) is 96.6 Å². The lowest BCUT2D eigenvalue weighted by atomic mass is 10.6. The van der Waals surface area contributed by atoms with Crippen molar-refractivity contribution in [1.29, 1.82) is 0 Å². The standard InChI is InChI=1S/C6H16N4O2S/c1-3-8-6(7)9-4-5-10-13(2,11)12/h10H,3-5H2,1-2H3,(H3,7,8,9). The van der Waals surface area contributed by atoms with E-state index < -0.39 is 10.0 Å². The fourth-order valence-corrected chi connectivity index (χ4v) is 1.11. The molecule has 0 unspecified atom stereocenters. The highest BCUT2D eigenvalue weighted by atomic mass is 32.2. The molecular formula is C6H16N4O2S. The number of nitrogens with zero attached hydrogens (tertiary/aromatic N) is 1. The number of nitrogens with two attached hydrogens (primary N) is 1. The van der Waals surface area contributed by atoms with Crippen LogP contribution in [0, 0.1) is 0 Å². The van der Waals surface area contributed by atoms with Gasteiger partial charge in [-0.2, -0.15) is 0 Å². The van der Waals surface area contributed by atoms with Crippen LogP contribution in [0.2, 0.25) is 0 Å². The molecule has 13 heavy (non-hydrogen) atoms. The summed E-state index contributed by atoms with van der Waals surface area (Å²) >= 11 is 0. The van der Waals surface area contributed by atoms with Gasteiger partial charge in [0.25, 0.3) is 0 Å². The molecule has 0 saturated heterocycles. The minimum atomic E-state index is -3.11. The molecule has 0 aromatic rings. The highest BCUT2D eigenvalue weighted by Gasteiger charge is 1.97. The Bertz CT molecular complexity index is 260. The summed E-state index contributed by atoms with van der Waals surface area (Å²) in [5.41, 5.74) is 5.40. The van der Waals surface area contributed by atoms with Gasteiger partial charge in [-0.1, -0.05) is 0 Å². The summed E-state index contributed by atoms with van der Waals surface area (Å²) in [5.74, 6) is 0.331.